The van der Waals surface area contributed by atoms with E-state index < -0.39 is 0 Å². The van der Waals surface area contributed by atoms with Gasteiger partial charge in [0, 0.05) is 16.1 Å². The molecule has 0 aromatic heterocycles. The van der Waals surface area contributed by atoms with Crippen LogP contribution in [0.5, 0.6) is 0 Å². The zero-order valence-electron chi connectivity index (χ0n) is 12.2. The van der Waals surface area contributed by atoms with Gasteiger partial charge in [0.05, 0.1) is 0 Å². The lowest BCUT2D eigenvalue weighted by Gasteiger charge is -2.20. The second kappa shape index (κ2) is 8.84. The number of halogens is 2. The minimum atomic E-state index is 0.612. The van der Waals surface area contributed by atoms with E-state index in [4.69, 9.17) is 23.2 Å². The predicted octanol–water partition coefficient (Wildman–Crippen LogP) is 5.34. The van der Waals surface area contributed by atoms with Gasteiger partial charge in [0.15, 0.2) is 0 Å². The van der Waals surface area contributed by atoms with E-state index in [2.05, 4.69) is 26.1 Å². The van der Waals surface area contributed by atoms with Crippen LogP contribution >= 0.6 is 23.2 Å². The van der Waals surface area contributed by atoms with Crippen LogP contribution in [0.4, 0.5) is 0 Å². The monoisotopic (exact) mass is 301 g/mol. The quantitative estimate of drug-likeness (QED) is 0.683. The molecule has 0 fully saturated rings. The predicted molar refractivity (Wildman–Crippen MR) is 86.3 cm³/mol. The average molecular weight is 302 g/mol. The molecule has 1 aromatic rings. The van der Waals surface area contributed by atoms with Gasteiger partial charge in [0.1, 0.15) is 0 Å². The molecule has 3 heteroatoms. The Labute approximate surface area is 127 Å². The summed E-state index contributed by atoms with van der Waals surface area (Å²) in [5, 5.41) is 5.10. The molecule has 0 saturated heterocycles. The molecule has 0 spiro atoms. The summed E-state index contributed by atoms with van der Waals surface area (Å²) in [6.07, 6.45) is 4.63. The van der Waals surface area contributed by atoms with Gasteiger partial charge in [-0.3, -0.25) is 0 Å². The van der Waals surface area contributed by atoms with Gasteiger partial charge >= 0.3 is 0 Å². The molecule has 1 N–H and O–H groups in total. The molecule has 0 aliphatic carbocycles. The lowest BCUT2D eigenvalue weighted by molar-refractivity contribution is 0.387. The lowest BCUT2D eigenvalue weighted by atomic mass is 9.97. The zero-order valence-corrected chi connectivity index (χ0v) is 13.7. The molecule has 2 atom stereocenters. The standard InChI is InChI=1S/C16H25Cl2N/c1-4-12(3)10-15(5-2)19-9-8-13-6-7-14(17)11-16(13)18/h6-7,11-12,15,19H,4-5,8-10H2,1-3H3. The van der Waals surface area contributed by atoms with Crippen LogP contribution in [0.2, 0.25) is 10.0 Å². The Balaban J connectivity index is 2.39. The van der Waals surface area contributed by atoms with Crippen LogP contribution in [-0.2, 0) is 6.42 Å². The first-order chi connectivity index (χ1) is 9.06. The van der Waals surface area contributed by atoms with Crippen LogP contribution < -0.4 is 5.32 Å². The van der Waals surface area contributed by atoms with Gasteiger partial charge in [-0.2, -0.15) is 0 Å². The van der Waals surface area contributed by atoms with Crippen molar-refractivity contribution in [1.29, 1.82) is 0 Å². The molecule has 0 bridgehead atoms. The highest BCUT2D eigenvalue weighted by atomic mass is 35.5. The molecule has 0 aliphatic heterocycles. The van der Waals surface area contributed by atoms with E-state index >= 15 is 0 Å². The normalized spacial score (nSPS) is 14.4. The van der Waals surface area contributed by atoms with Gasteiger partial charge in [0.25, 0.3) is 0 Å². The van der Waals surface area contributed by atoms with Gasteiger partial charge in [-0.15, -0.1) is 0 Å². The van der Waals surface area contributed by atoms with Crippen molar-refractivity contribution in [2.24, 2.45) is 5.92 Å². The summed E-state index contributed by atoms with van der Waals surface area (Å²) < 4.78 is 0. The second-order valence-corrected chi connectivity index (χ2v) is 6.14. The Hall–Kier alpha value is -0.240. The summed E-state index contributed by atoms with van der Waals surface area (Å²) in [6, 6.07) is 6.34. The van der Waals surface area contributed by atoms with Crippen LogP contribution in [0, 0.1) is 5.92 Å². The topological polar surface area (TPSA) is 12.0 Å². The van der Waals surface area contributed by atoms with E-state index in [0.717, 1.165) is 29.5 Å². The maximum absolute atomic E-state index is 6.17. The first-order valence-electron chi connectivity index (χ1n) is 7.24. The molecule has 0 heterocycles. The van der Waals surface area contributed by atoms with Crippen LogP contribution in [0.3, 0.4) is 0 Å². The lowest BCUT2D eigenvalue weighted by Crippen LogP contribution is -2.31. The Morgan fingerprint density at radius 3 is 2.47 bits per heavy atom. The third-order valence-electron chi connectivity index (χ3n) is 3.72. The number of nitrogens with one attached hydrogen (secondary N) is 1. The van der Waals surface area contributed by atoms with Crippen molar-refractivity contribution in [2.75, 3.05) is 6.54 Å². The van der Waals surface area contributed by atoms with Crippen LogP contribution in [0.15, 0.2) is 18.2 Å². The molecule has 2 unspecified atom stereocenters. The van der Waals surface area contributed by atoms with Crippen molar-refractivity contribution in [1.82, 2.24) is 5.32 Å². The highest BCUT2D eigenvalue weighted by Crippen LogP contribution is 2.21. The molecule has 108 valence electrons. The Morgan fingerprint density at radius 2 is 1.89 bits per heavy atom. The van der Waals surface area contributed by atoms with Crippen molar-refractivity contribution in [2.45, 2.75) is 52.5 Å². The van der Waals surface area contributed by atoms with Gasteiger partial charge in [-0.1, -0.05) is 56.5 Å². The molecular weight excluding hydrogens is 277 g/mol. The molecule has 0 amide bonds. The molecule has 0 radical (unpaired) electrons. The van der Waals surface area contributed by atoms with Crippen molar-refractivity contribution >= 4 is 23.2 Å². The van der Waals surface area contributed by atoms with Crippen molar-refractivity contribution < 1.29 is 0 Å². The molecule has 0 saturated carbocycles. The highest BCUT2D eigenvalue weighted by Gasteiger charge is 2.10. The fourth-order valence-corrected chi connectivity index (χ4v) is 2.69. The Bertz CT molecular complexity index is 379. The van der Waals surface area contributed by atoms with E-state index in [0.29, 0.717) is 11.1 Å². The molecular formula is C16H25Cl2N. The number of hydrogen-bond acceptors (Lipinski definition) is 1. The van der Waals surface area contributed by atoms with Crippen LogP contribution in [0.1, 0.15) is 45.6 Å². The zero-order chi connectivity index (χ0) is 14.3. The van der Waals surface area contributed by atoms with Crippen molar-refractivity contribution in [3.8, 4) is 0 Å². The molecule has 1 nitrogen and oxygen atoms in total. The van der Waals surface area contributed by atoms with Crippen LogP contribution in [-0.4, -0.2) is 12.6 Å². The minimum absolute atomic E-state index is 0.612. The molecule has 19 heavy (non-hydrogen) atoms. The fourth-order valence-electron chi connectivity index (χ4n) is 2.18. The Morgan fingerprint density at radius 1 is 1.16 bits per heavy atom. The molecule has 1 aromatic carbocycles. The smallest absolute Gasteiger partial charge is 0.0453 e. The fraction of sp³-hybridized carbons (Fsp3) is 0.625. The van der Waals surface area contributed by atoms with Crippen LogP contribution in [0.25, 0.3) is 0 Å². The van der Waals surface area contributed by atoms with Gasteiger partial charge in [0.2, 0.25) is 0 Å². The third kappa shape index (κ3) is 6.16. The van der Waals surface area contributed by atoms with E-state index in [-0.39, 0.29) is 0 Å². The number of hydrogen-bond donors (Lipinski definition) is 1. The minimum Gasteiger partial charge on any atom is -0.314 e. The maximum Gasteiger partial charge on any atom is 0.0453 e. The van der Waals surface area contributed by atoms with Gasteiger partial charge in [-0.05, 0) is 49.4 Å². The number of benzene rings is 1. The third-order valence-corrected chi connectivity index (χ3v) is 4.31. The maximum atomic E-state index is 6.17. The largest absolute Gasteiger partial charge is 0.314 e. The summed E-state index contributed by atoms with van der Waals surface area (Å²) in [5.74, 6) is 0.788. The summed E-state index contributed by atoms with van der Waals surface area (Å²) in [4.78, 5) is 0. The molecule has 0 aliphatic rings. The summed E-state index contributed by atoms with van der Waals surface area (Å²) in [6.45, 7) is 7.79. The van der Waals surface area contributed by atoms with E-state index in [1.165, 1.54) is 19.3 Å². The van der Waals surface area contributed by atoms with E-state index in [9.17, 15) is 0 Å². The summed E-state index contributed by atoms with van der Waals surface area (Å²) in [7, 11) is 0. The average Bonchev–Trinajstić information content (AvgIpc) is 2.39. The van der Waals surface area contributed by atoms with E-state index in [1.54, 1.807) is 0 Å². The SMILES string of the molecule is CCC(C)CC(CC)NCCc1ccc(Cl)cc1Cl. The van der Waals surface area contributed by atoms with Crippen molar-refractivity contribution in [3.05, 3.63) is 33.8 Å². The summed E-state index contributed by atoms with van der Waals surface area (Å²) in [5.41, 5.74) is 1.16. The first-order valence-corrected chi connectivity index (χ1v) is 7.99. The Kier molecular flexibility index (Phi) is 7.82. The van der Waals surface area contributed by atoms with E-state index in [1.807, 2.05) is 18.2 Å². The molecule has 1 rings (SSSR count). The summed E-state index contributed by atoms with van der Waals surface area (Å²) >= 11 is 12.1. The highest BCUT2D eigenvalue weighted by molar-refractivity contribution is 6.35. The van der Waals surface area contributed by atoms with Gasteiger partial charge in [-0.25, -0.2) is 0 Å². The van der Waals surface area contributed by atoms with Gasteiger partial charge < -0.3 is 5.32 Å². The van der Waals surface area contributed by atoms with Crippen molar-refractivity contribution in [3.63, 3.8) is 0 Å². The number of rotatable bonds is 8. The first kappa shape index (κ1) is 16.8. The second-order valence-electron chi connectivity index (χ2n) is 5.29.